The van der Waals surface area contributed by atoms with Crippen molar-refractivity contribution < 1.29 is 14.3 Å². The fourth-order valence-corrected chi connectivity index (χ4v) is 1.94. The van der Waals surface area contributed by atoms with Gasteiger partial charge in [-0.2, -0.15) is 0 Å². The summed E-state index contributed by atoms with van der Waals surface area (Å²) in [5.41, 5.74) is 1.15. The predicted octanol–water partition coefficient (Wildman–Crippen LogP) is 2.37. The zero-order valence-electron chi connectivity index (χ0n) is 8.57. The van der Waals surface area contributed by atoms with E-state index in [1.54, 1.807) is 0 Å². The van der Waals surface area contributed by atoms with E-state index in [0.29, 0.717) is 0 Å². The first kappa shape index (κ1) is 10.9. The van der Waals surface area contributed by atoms with E-state index in [0.717, 1.165) is 5.56 Å². The van der Waals surface area contributed by atoms with Crippen molar-refractivity contribution in [3.05, 3.63) is 46.5 Å². The van der Waals surface area contributed by atoms with E-state index in [9.17, 15) is 9.59 Å². The fraction of sp³-hybridized carbons (Fsp3) is 0.167. The summed E-state index contributed by atoms with van der Waals surface area (Å²) in [5.74, 6) is -1.65. The molecule has 4 heteroatoms. The molecular formula is C12H9ClO3. The lowest BCUT2D eigenvalue weighted by Gasteiger charge is -2.10. The molecule has 2 rings (SSSR count). The summed E-state index contributed by atoms with van der Waals surface area (Å²) in [6.45, 7) is 1.81. The van der Waals surface area contributed by atoms with Crippen LogP contribution in [0.3, 0.4) is 0 Å². The minimum absolute atomic E-state index is 0.110. The molecule has 0 N–H and O–H groups in total. The largest absolute Gasteiger partial charge is 0.385 e. The Morgan fingerprint density at radius 1 is 1.12 bits per heavy atom. The van der Waals surface area contributed by atoms with Crippen molar-refractivity contribution in [3.63, 3.8) is 0 Å². The van der Waals surface area contributed by atoms with Crippen LogP contribution in [-0.2, 0) is 14.3 Å². The Bertz CT molecular complexity index is 476. The Labute approximate surface area is 97.7 Å². The molecule has 82 valence electrons. The zero-order valence-corrected chi connectivity index (χ0v) is 9.32. The van der Waals surface area contributed by atoms with Crippen LogP contribution in [-0.4, -0.2) is 11.9 Å². The Morgan fingerprint density at radius 2 is 1.75 bits per heavy atom. The number of esters is 2. The van der Waals surface area contributed by atoms with Gasteiger partial charge in [0.2, 0.25) is 0 Å². The number of carbonyl (C=O) groups is 2. The van der Waals surface area contributed by atoms with Gasteiger partial charge in [0.15, 0.2) is 0 Å². The van der Waals surface area contributed by atoms with Gasteiger partial charge in [-0.25, -0.2) is 9.59 Å². The Kier molecular flexibility index (Phi) is 2.79. The van der Waals surface area contributed by atoms with E-state index >= 15 is 0 Å². The first-order valence-corrected chi connectivity index (χ1v) is 5.20. The summed E-state index contributed by atoms with van der Waals surface area (Å²) in [6, 6.07) is 9.35. The second-order valence-electron chi connectivity index (χ2n) is 3.54. The number of benzene rings is 1. The van der Waals surface area contributed by atoms with Gasteiger partial charge in [-0.05, 0) is 5.56 Å². The van der Waals surface area contributed by atoms with Crippen molar-refractivity contribution in [1.29, 1.82) is 0 Å². The molecule has 0 saturated carbocycles. The van der Waals surface area contributed by atoms with Crippen LogP contribution < -0.4 is 0 Å². The number of ether oxygens (including phenoxy) is 1. The highest BCUT2D eigenvalue weighted by molar-refractivity contribution is 6.46. The van der Waals surface area contributed by atoms with E-state index < -0.39 is 11.9 Å². The standard InChI is InChI=1S/C12H9ClO3/c1-7(8-5-3-2-4-6-8)9-10(13)12(15)16-11(9)14/h2-7H,1H3. The number of carbonyl (C=O) groups excluding carboxylic acids is 2. The third kappa shape index (κ3) is 1.74. The molecule has 0 spiro atoms. The van der Waals surface area contributed by atoms with Gasteiger partial charge in [0, 0.05) is 5.92 Å². The number of hydrogen-bond donors (Lipinski definition) is 0. The summed E-state index contributed by atoms with van der Waals surface area (Å²) in [4.78, 5) is 22.5. The minimum Gasteiger partial charge on any atom is -0.385 e. The molecule has 1 heterocycles. The first-order chi connectivity index (χ1) is 7.61. The number of halogens is 1. The summed E-state index contributed by atoms with van der Waals surface area (Å²) >= 11 is 5.75. The van der Waals surface area contributed by atoms with Crippen LogP contribution in [0.1, 0.15) is 18.4 Å². The van der Waals surface area contributed by atoms with Crippen molar-refractivity contribution in [1.82, 2.24) is 0 Å². The van der Waals surface area contributed by atoms with Gasteiger partial charge >= 0.3 is 11.9 Å². The highest BCUT2D eigenvalue weighted by Crippen LogP contribution is 2.33. The Balaban J connectivity index is 2.40. The lowest BCUT2D eigenvalue weighted by atomic mass is 9.93. The molecule has 0 aromatic heterocycles. The first-order valence-electron chi connectivity index (χ1n) is 4.82. The van der Waals surface area contributed by atoms with Gasteiger partial charge in [0.05, 0.1) is 5.57 Å². The van der Waals surface area contributed by atoms with Gasteiger partial charge < -0.3 is 4.74 Å². The predicted molar refractivity (Wildman–Crippen MR) is 58.8 cm³/mol. The van der Waals surface area contributed by atoms with Gasteiger partial charge in [0.1, 0.15) is 5.03 Å². The summed E-state index contributed by atoms with van der Waals surface area (Å²) < 4.78 is 4.44. The van der Waals surface area contributed by atoms with Crippen molar-refractivity contribution in [3.8, 4) is 0 Å². The smallest absolute Gasteiger partial charge is 0.358 e. The molecular weight excluding hydrogens is 228 g/mol. The monoisotopic (exact) mass is 236 g/mol. The Morgan fingerprint density at radius 3 is 2.25 bits per heavy atom. The van der Waals surface area contributed by atoms with Crippen LogP contribution >= 0.6 is 11.6 Å². The second-order valence-corrected chi connectivity index (χ2v) is 3.91. The van der Waals surface area contributed by atoms with Crippen LogP contribution in [0.15, 0.2) is 40.9 Å². The van der Waals surface area contributed by atoms with Crippen LogP contribution in [0.5, 0.6) is 0 Å². The molecule has 3 nitrogen and oxygen atoms in total. The lowest BCUT2D eigenvalue weighted by Crippen LogP contribution is -2.07. The molecule has 0 fully saturated rings. The third-order valence-electron chi connectivity index (χ3n) is 2.55. The molecule has 1 aromatic rings. The summed E-state index contributed by atoms with van der Waals surface area (Å²) in [6.07, 6.45) is 0. The van der Waals surface area contributed by atoms with Crippen molar-refractivity contribution in [2.24, 2.45) is 0 Å². The van der Waals surface area contributed by atoms with Crippen molar-refractivity contribution in [2.45, 2.75) is 12.8 Å². The SMILES string of the molecule is CC(C1=C(Cl)C(=O)OC1=O)c1ccccc1. The highest BCUT2D eigenvalue weighted by atomic mass is 35.5. The topological polar surface area (TPSA) is 43.4 Å². The molecule has 1 atom stereocenters. The fourth-order valence-electron chi connectivity index (χ4n) is 1.66. The van der Waals surface area contributed by atoms with Crippen LogP contribution in [0, 0.1) is 0 Å². The van der Waals surface area contributed by atoms with Crippen LogP contribution in [0.25, 0.3) is 0 Å². The average molecular weight is 237 g/mol. The van der Waals surface area contributed by atoms with Gasteiger partial charge in [0.25, 0.3) is 0 Å². The molecule has 1 aliphatic heterocycles. The van der Waals surface area contributed by atoms with E-state index in [1.165, 1.54) is 0 Å². The van der Waals surface area contributed by atoms with Crippen molar-refractivity contribution >= 4 is 23.5 Å². The maximum Gasteiger partial charge on any atom is 0.358 e. The van der Waals surface area contributed by atoms with Gasteiger partial charge in [-0.1, -0.05) is 48.9 Å². The third-order valence-corrected chi connectivity index (χ3v) is 2.91. The van der Waals surface area contributed by atoms with E-state index in [1.807, 2.05) is 37.3 Å². The molecule has 0 amide bonds. The number of hydrogen-bond acceptors (Lipinski definition) is 3. The number of cyclic esters (lactones) is 2. The van der Waals surface area contributed by atoms with Gasteiger partial charge in [-0.3, -0.25) is 0 Å². The maximum absolute atomic E-state index is 11.4. The molecule has 0 radical (unpaired) electrons. The summed E-state index contributed by atoms with van der Waals surface area (Å²) in [7, 11) is 0. The summed E-state index contributed by atoms with van der Waals surface area (Å²) in [5, 5.41) is -0.110. The average Bonchev–Trinajstić information content (AvgIpc) is 2.54. The zero-order chi connectivity index (χ0) is 11.7. The van der Waals surface area contributed by atoms with E-state index in [-0.39, 0.29) is 16.5 Å². The molecule has 1 aliphatic rings. The lowest BCUT2D eigenvalue weighted by molar-refractivity contribution is -0.150. The van der Waals surface area contributed by atoms with Crippen molar-refractivity contribution in [2.75, 3.05) is 0 Å². The van der Waals surface area contributed by atoms with Gasteiger partial charge in [-0.15, -0.1) is 0 Å². The van der Waals surface area contributed by atoms with E-state index in [4.69, 9.17) is 11.6 Å². The van der Waals surface area contributed by atoms with Crippen LogP contribution in [0.4, 0.5) is 0 Å². The maximum atomic E-state index is 11.4. The highest BCUT2D eigenvalue weighted by Gasteiger charge is 2.35. The molecule has 0 bridgehead atoms. The molecule has 16 heavy (non-hydrogen) atoms. The molecule has 1 aromatic carbocycles. The van der Waals surface area contributed by atoms with Crippen LogP contribution in [0.2, 0.25) is 0 Å². The normalized spacial score (nSPS) is 17.6. The minimum atomic E-state index is -0.760. The molecule has 0 aliphatic carbocycles. The van der Waals surface area contributed by atoms with E-state index in [2.05, 4.69) is 4.74 Å². The Hall–Kier alpha value is -1.61. The molecule has 0 saturated heterocycles. The molecule has 1 unspecified atom stereocenters. The quantitative estimate of drug-likeness (QED) is 0.585. The second kappa shape index (κ2) is 4.10. The number of rotatable bonds is 2.